The Bertz CT molecular complexity index is 888. The quantitative estimate of drug-likeness (QED) is 0.764. The summed E-state index contributed by atoms with van der Waals surface area (Å²) in [4.78, 5) is 4.63. The van der Waals surface area contributed by atoms with Crippen LogP contribution in [-0.4, -0.2) is 46.7 Å². The van der Waals surface area contributed by atoms with E-state index in [2.05, 4.69) is 42.8 Å². The highest BCUT2D eigenvalue weighted by atomic mass is 16.5. The average Bonchev–Trinajstić information content (AvgIpc) is 3.29. The summed E-state index contributed by atoms with van der Waals surface area (Å²) in [7, 11) is 1.81. The molecule has 2 atom stereocenters. The van der Waals surface area contributed by atoms with Crippen LogP contribution in [-0.2, 0) is 7.05 Å². The molecule has 3 heterocycles. The highest BCUT2D eigenvalue weighted by Crippen LogP contribution is 2.33. The maximum Gasteiger partial charge on any atom is 0.151 e. The first-order valence-corrected chi connectivity index (χ1v) is 8.71. The average molecular weight is 353 g/mol. The van der Waals surface area contributed by atoms with Crippen LogP contribution in [0.15, 0.2) is 12.1 Å². The van der Waals surface area contributed by atoms with E-state index in [1.165, 1.54) is 0 Å². The number of H-pyrrole nitrogens is 1. The van der Waals surface area contributed by atoms with Gasteiger partial charge in [0.05, 0.1) is 23.2 Å². The Hall–Kier alpha value is -2.84. The van der Waals surface area contributed by atoms with E-state index < -0.39 is 0 Å². The second kappa shape index (κ2) is 6.81. The Morgan fingerprint density at radius 3 is 2.85 bits per heavy atom. The fourth-order valence-electron chi connectivity index (χ4n) is 3.40. The maximum absolute atomic E-state index is 6.24. The summed E-state index contributed by atoms with van der Waals surface area (Å²) in [6.45, 7) is 5.93. The van der Waals surface area contributed by atoms with Crippen LogP contribution in [0.25, 0.3) is 11.4 Å². The van der Waals surface area contributed by atoms with Crippen molar-refractivity contribution in [2.24, 2.45) is 7.05 Å². The number of aromatic nitrogens is 8. The van der Waals surface area contributed by atoms with Crippen molar-refractivity contribution in [2.75, 3.05) is 0 Å². The highest BCUT2D eigenvalue weighted by Gasteiger charge is 2.27. The van der Waals surface area contributed by atoms with Crippen molar-refractivity contribution in [1.29, 1.82) is 0 Å². The summed E-state index contributed by atoms with van der Waals surface area (Å²) in [5, 5.41) is 22.4. The number of pyridine rings is 1. The largest absolute Gasteiger partial charge is 0.489 e. The summed E-state index contributed by atoms with van der Waals surface area (Å²) in [5.41, 5.74) is 3.01. The molecule has 1 aliphatic carbocycles. The predicted octanol–water partition coefficient (Wildman–Crippen LogP) is 1.99. The number of aryl methyl sites for hydroxylation is 2. The molecule has 1 fully saturated rings. The first-order valence-electron chi connectivity index (χ1n) is 8.71. The molecule has 9 nitrogen and oxygen atoms in total. The van der Waals surface area contributed by atoms with Crippen LogP contribution in [0.4, 0.5) is 0 Å². The van der Waals surface area contributed by atoms with Gasteiger partial charge in [-0.05, 0) is 62.1 Å². The van der Waals surface area contributed by atoms with Gasteiger partial charge in [-0.3, -0.25) is 4.68 Å². The first kappa shape index (κ1) is 16.6. The molecule has 0 spiro atoms. The number of ether oxygens (including phenoxy) is 1. The fraction of sp³-hybridized carbons (Fsp3) is 0.471. The Kier molecular flexibility index (Phi) is 4.36. The van der Waals surface area contributed by atoms with E-state index in [0.717, 1.165) is 54.3 Å². The molecule has 1 N–H and O–H groups in total. The van der Waals surface area contributed by atoms with Crippen molar-refractivity contribution in [1.82, 2.24) is 40.6 Å². The van der Waals surface area contributed by atoms with Gasteiger partial charge in [0, 0.05) is 13.0 Å². The first-order chi connectivity index (χ1) is 12.6. The highest BCUT2D eigenvalue weighted by molar-refractivity contribution is 5.58. The van der Waals surface area contributed by atoms with Gasteiger partial charge in [-0.15, -0.1) is 10.2 Å². The van der Waals surface area contributed by atoms with Gasteiger partial charge in [-0.25, -0.2) is 10.1 Å². The van der Waals surface area contributed by atoms with Crippen LogP contribution in [0.1, 0.15) is 48.8 Å². The molecule has 0 amide bonds. The second-order valence-corrected chi connectivity index (χ2v) is 6.68. The number of hydrogen-bond acceptors (Lipinski definition) is 7. The van der Waals surface area contributed by atoms with Crippen LogP contribution < -0.4 is 4.74 Å². The van der Waals surface area contributed by atoms with Crippen molar-refractivity contribution in [3.8, 4) is 17.1 Å². The number of nitrogens with one attached hydrogen (secondary N) is 1. The molecule has 1 radical (unpaired) electrons. The number of rotatable bonds is 4. The molecular weight excluding hydrogens is 332 g/mol. The summed E-state index contributed by atoms with van der Waals surface area (Å²) in [6, 6.07) is 3.85. The Labute approximate surface area is 151 Å². The Balaban J connectivity index is 1.49. The molecule has 1 aliphatic rings. The lowest BCUT2D eigenvalue weighted by atomic mass is 9.86. The van der Waals surface area contributed by atoms with Gasteiger partial charge in [0.2, 0.25) is 0 Å². The van der Waals surface area contributed by atoms with E-state index in [4.69, 9.17) is 4.74 Å². The molecule has 0 aromatic carbocycles. The number of hydrogen-bond donors (Lipinski definition) is 1. The zero-order chi connectivity index (χ0) is 18.1. The minimum atomic E-state index is 0.130. The third-order valence-corrected chi connectivity index (χ3v) is 4.89. The molecule has 3 aromatic heterocycles. The van der Waals surface area contributed by atoms with Gasteiger partial charge in [-0.2, -0.15) is 0 Å². The topological polar surface area (TPSA) is 107 Å². The van der Waals surface area contributed by atoms with E-state index in [1.807, 2.05) is 26.1 Å². The van der Waals surface area contributed by atoms with Crippen LogP contribution in [0.5, 0.6) is 5.75 Å². The molecule has 0 saturated heterocycles. The van der Waals surface area contributed by atoms with Gasteiger partial charge in [0.1, 0.15) is 11.4 Å². The summed E-state index contributed by atoms with van der Waals surface area (Å²) in [5.74, 6) is 1.95. The van der Waals surface area contributed by atoms with E-state index in [1.54, 1.807) is 4.68 Å². The summed E-state index contributed by atoms with van der Waals surface area (Å²) >= 11 is 0. The summed E-state index contributed by atoms with van der Waals surface area (Å²) in [6.07, 6.45) is 4.21. The van der Waals surface area contributed by atoms with Crippen LogP contribution >= 0.6 is 0 Å². The molecule has 1 saturated carbocycles. The molecule has 0 unspecified atom stereocenters. The van der Waals surface area contributed by atoms with E-state index in [-0.39, 0.29) is 6.10 Å². The molecular formula is C17H21N8O. The zero-order valence-corrected chi connectivity index (χ0v) is 14.9. The molecule has 3 aromatic rings. The molecule has 4 rings (SSSR count). The smallest absolute Gasteiger partial charge is 0.151 e. The molecule has 9 heteroatoms. The summed E-state index contributed by atoms with van der Waals surface area (Å²) < 4.78 is 7.88. The standard InChI is InChI=1S/C17H21N8O/c1-10-15(8-7-14(18-10)16-11(2)25(3)24-19-16)26-13-6-4-5-12(9-13)17-20-22-23-21-17/h7-8,12-13H,2,4-6,9H2,1,3H3,(H,20,21,22,23)/t12-,13-/m0/s1. The van der Waals surface area contributed by atoms with Crippen molar-refractivity contribution >= 4 is 0 Å². The normalized spacial score (nSPS) is 20.3. The predicted molar refractivity (Wildman–Crippen MR) is 93.2 cm³/mol. The van der Waals surface area contributed by atoms with Crippen molar-refractivity contribution in [2.45, 2.75) is 44.6 Å². The van der Waals surface area contributed by atoms with E-state index in [0.29, 0.717) is 11.6 Å². The molecule has 135 valence electrons. The Morgan fingerprint density at radius 1 is 1.27 bits per heavy atom. The van der Waals surface area contributed by atoms with Gasteiger partial charge in [0.25, 0.3) is 0 Å². The minimum Gasteiger partial charge on any atom is -0.489 e. The molecule has 26 heavy (non-hydrogen) atoms. The SMILES string of the molecule is [CH2]c1c(-c2ccc(O[C@H]3CCC[C@H](c4nnn[nH]4)C3)c(C)n2)nnn1C. The Morgan fingerprint density at radius 2 is 2.15 bits per heavy atom. The van der Waals surface area contributed by atoms with Crippen molar-refractivity contribution in [3.63, 3.8) is 0 Å². The van der Waals surface area contributed by atoms with Crippen molar-refractivity contribution < 1.29 is 4.74 Å². The van der Waals surface area contributed by atoms with Crippen LogP contribution in [0, 0.1) is 13.8 Å². The molecule has 0 bridgehead atoms. The van der Waals surface area contributed by atoms with Gasteiger partial charge >= 0.3 is 0 Å². The number of tetrazole rings is 1. The van der Waals surface area contributed by atoms with Gasteiger partial charge in [0.15, 0.2) is 5.82 Å². The lowest BCUT2D eigenvalue weighted by molar-refractivity contribution is 0.140. The van der Waals surface area contributed by atoms with E-state index in [9.17, 15) is 0 Å². The third-order valence-electron chi connectivity index (χ3n) is 4.89. The maximum atomic E-state index is 6.24. The van der Waals surface area contributed by atoms with E-state index >= 15 is 0 Å². The lowest BCUT2D eigenvalue weighted by Crippen LogP contribution is -2.25. The van der Waals surface area contributed by atoms with Crippen molar-refractivity contribution in [3.05, 3.63) is 36.3 Å². The van der Waals surface area contributed by atoms with Crippen LogP contribution in [0.3, 0.4) is 0 Å². The monoisotopic (exact) mass is 353 g/mol. The number of nitrogens with zero attached hydrogens (tertiary/aromatic N) is 7. The fourth-order valence-corrected chi connectivity index (χ4v) is 3.40. The second-order valence-electron chi connectivity index (χ2n) is 6.68. The third kappa shape index (κ3) is 3.16. The van der Waals surface area contributed by atoms with Crippen LogP contribution in [0.2, 0.25) is 0 Å². The molecule has 0 aliphatic heterocycles. The van der Waals surface area contributed by atoms with Gasteiger partial charge in [-0.1, -0.05) is 5.21 Å². The minimum absolute atomic E-state index is 0.130. The zero-order valence-electron chi connectivity index (χ0n) is 14.9. The number of aromatic amines is 1. The lowest BCUT2D eigenvalue weighted by Gasteiger charge is -2.28. The van der Waals surface area contributed by atoms with Gasteiger partial charge < -0.3 is 4.74 Å².